The molecule has 0 unspecified atom stereocenters. The van der Waals surface area contributed by atoms with Gasteiger partial charge in [-0.05, 0) is 26.0 Å². The molecule has 0 aliphatic heterocycles. The first-order valence-corrected chi connectivity index (χ1v) is 4.98. The summed E-state index contributed by atoms with van der Waals surface area (Å²) in [6.07, 6.45) is 1.20. The van der Waals surface area contributed by atoms with Crippen LogP contribution in [0.4, 0.5) is 0 Å². The summed E-state index contributed by atoms with van der Waals surface area (Å²) in [6.45, 7) is 5.91. The number of hydrogen-bond acceptors (Lipinski definition) is 2. The molecular weight excluding hydrogens is 178 g/mol. The van der Waals surface area contributed by atoms with Crippen LogP contribution in [0.3, 0.4) is 0 Å². The highest BCUT2D eigenvalue weighted by molar-refractivity contribution is 5.78. The molecule has 0 spiro atoms. The van der Waals surface area contributed by atoms with Gasteiger partial charge in [-0.3, -0.25) is 4.79 Å². The molecule has 0 aliphatic carbocycles. The molecule has 1 rings (SSSR count). The van der Waals surface area contributed by atoms with Crippen molar-refractivity contribution in [3.63, 3.8) is 0 Å². The van der Waals surface area contributed by atoms with Gasteiger partial charge in [0.05, 0.1) is 6.42 Å². The number of carbonyl (C=O) groups excluding carboxylic acids is 1. The van der Waals surface area contributed by atoms with E-state index in [1.165, 1.54) is 0 Å². The Morgan fingerprint density at radius 1 is 1.43 bits per heavy atom. The van der Waals surface area contributed by atoms with Crippen molar-refractivity contribution in [2.24, 2.45) is 0 Å². The lowest BCUT2D eigenvalue weighted by Crippen LogP contribution is -2.31. The summed E-state index contributed by atoms with van der Waals surface area (Å²) in [5, 5.41) is 2.82. The quantitative estimate of drug-likeness (QED) is 0.797. The van der Waals surface area contributed by atoms with Crippen LogP contribution in [0.5, 0.6) is 0 Å². The summed E-state index contributed by atoms with van der Waals surface area (Å²) >= 11 is 0. The van der Waals surface area contributed by atoms with Crippen LogP contribution in [0.25, 0.3) is 0 Å². The number of hydrogen-bond donors (Lipinski definition) is 1. The van der Waals surface area contributed by atoms with Gasteiger partial charge in [-0.15, -0.1) is 0 Å². The average molecular weight is 195 g/mol. The minimum absolute atomic E-state index is 0.0111. The molecule has 0 bridgehead atoms. The van der Waals surface area contributed by atoms with Crippen LogP contribution in [0.2, 0.25) is 0 Å². The first kappa shape index (κ1) is 10.8. The van der Waals surface area contributed by atoms with Crippen LogP contribution < -0.4 is 5.32 Å². The Balaban J connectivity index is 2.47. The van der Waals surface area contributed by atoms with Crippen molar-refractivity contribution in [2.75, 3.05) is 0 Å². The minimum atomic E-state index is 0.0111. The van der Waals surface area contributed by atoms with Crippen molar-refractivity contribution in [3.8, 4) is 0 Å². The molecule has 0 fully saturated rings. The number of furan rings is 1. The molecule has 3 heteroatoms. The third kappa shape index (κ3) is 3.24. The number of rotatable bonds is 4. The molecular formula is C11H17NO2. The first-order valence-electron chi connectivity index (χ1n) is 4.98. The molecule has 1 N–H and O–H groups in total. The third-order valence-electron chi connectivity index (χ3n) is 1.85. The third-order valence-corrected chi connectivity index (χ3v) is 1.85. The number of nitrogens with one attached hydrogen (secondary N) is 1. The lowest BCUT2D eigenvalue weighted by molar-refractivity contribution is -0.121. The molecule has 0 radical (unpaired) electrons. The van der Waals surface area contributed by atoms with Crippen molar-refractivity contribution in [2.45, 2.75) is 39.7 Å². The maximum absolute atomic E-state index is 11.3. The largest absolute Gasteiger partial charge is 0.466 e. The lowest BCUT2D eigenvalue weighted by atomic mass is 10.3. The van der Waals surface area contributed by atoms with Crippen LogP contribution in [0.1, 0.15) is 32.3 Å². The average Bonchev–Trinajstić information content (AvgIpc) is 2.50. The molecule has 1 heterocycles. The van der Waals surface area contributed by atoms with Gasteiger partial charge < -0.3 is 9.73 Å². The van der Waals surface area contributed by atoms with E-state index in [0.717, 1.165) is 17.9 Å². The predicted octanol–water partition coefficient (Wildman–Crippen LogP) is 1.91. The standard InChI is InChI=1S/C11H17NO2/c1-4-9-5-6-10(14-9)7-11(13)12-8(2)3/h5-6,8H,4,7H2,1-3H3,(H,12,13). The van der Waals surface area contributed by atoms with Gasteiger partial charge in [-0.1, -0.05) is 6.92 Å². The van der Waals surface area contributed by atoms with Gasteiger partial charge in [0, 0.05) is 12.5 Å². The normalized spacial score (nSPS) is 10.6. The Morgan fingerprint density at radius 3 is 2.57 bits per heavy atom. The molecule has 14 heavy (non-hydrogen) atoms. The van der Waals surface area contributed by atoms with Crippen LogP contribution >= 0.6 is 0 Å². The predicted molar refractivity (Wildman–Crippen MR) is 55.1 cm³/mol. The van der Waals surface area contributed by atoms with Gasteiger partial charge in [-0.25, -0.2) is 0 Å². The monoisotopic (exact) mass is 195 g/mol. The van der Waals surface area contributed by atoms with E-state index in [9.17, 15) is 4.79 Å². The summed E-state index contributed by atoms with van der Waals surface area (Å²) < 4.78 is 5.42. The molecule has 1 aromatic heterocycles. The highest BCUT2D eigenvalue weighted by Gasteiger charge is 2.07. The maximum atomic E-state index is 11.3. The van der Waals surface area contributed by atoms with Crippen molar-refractivity contribution in [3.05, 3.63) is 23.7 Å². The molecule has 0 atom stereocenters. The highest BCUT2D eigenvalue weighted by Crippen LogP contribution is 2.08. The SMILES string of the molecule is CCc1ccc(CC(=O)NC(C)C)o1. The molecule has 3 nitrogen and oxygen atoms in total. The van der Waals surface area contributed by atoms with Crippen molar-refractivity contribution in [1.29, 1.82) is 0 Å². The number of carbonyl (C=O) groups is 1. The van der Waals surface area contributed by atoms with Gasteiger partial charge in [0.15, 0.2) is 0 Å². The van der Waals surface area contributed by atoms with Crippen LogP contribution in [-0.2, 0) is 17.6 Å². The van der Waals surface area contributed by atoms with E-state index in [1.807, 2.05) is 32.9 Å². The van der Waals surface area contributed by atoms with Gasteiger partial charge in [0.1, 0.15) is 11.5 Å². The zero-order chi connectivity index (χ0) is 10.6. The molecule has 0 aromatic carbocycles. The van der Waals surface area contributed by atoms with E-state index in [1.54, 1.807) is 0 Å². The Labute approximate surface area is 84.5 Å². The second-order valence-corrected chi connectivity index (χ2v) is 3.62. The van der Waals surface area contributed by atoms with Crippen LogP contribution in [-0.4, -0.2) is 11.9 Å². The number of amides is 1. The van der Waals surface area contributed by atoms with Crippen molar-refractivity contribution >= 4 is 5.91 Å². The summed E-state index contributed by atoms with van der Waals surface area (Å²) in [6, 6.07) is 3.96. The van der Waals surface area contributed by atoms with Gasteiger partial charge >= 0.3 is 0 Å². The van der Waals surface area contributed by atoms with Crippen molar-refractivity contribution < 1.29 is 9.21 Å². The van der Waals surface area contributed by atoms with E-state index in [2.05, 4.69) is 5.32 Å². The lowest BCUT2D eigenvalue weighted by Gasteiger charge is -2.06. The number of aryl methyl sites for hydroxylation is 1. The molecule has 0 saturated heterocycles. The second kappa shape index (κ2) is 4.84. The molecule has 0 aliphatic rings. The first-order chi connectivity index (χ1) is 6.61. The van der Waals surface area contributed by atoms with Crippen LogP contribution in [0.15, 0.2) is 16.5 Å². The topological polar surface area (TPSA) is 42.2 Å². The fraction of sp³-hybridized carbons (Fsp3) is 0.545. The molecule has 0 saturated carbocycles. The Bertz CT molecular complexity index is 302. The Morgan fingerprint density at radius 2 is 2.07 bits per heavy atom. The maximum Gasteiger partial charge on any atom is 0.227 e. The summed E-state index contributed by atoms with van der Waals surface area (Å²) in [7, 11) is 0. The molecule has 1 aromatic rings. The van der Waals surface area contributed by atoms with Gasteiger partial charge in [-0.2, -0.15) is 0 Å². The minimum Gasteiger partial charge on any atom is -0.466 e. The van der Waals surface area contributed by atoms with E-state index in [0.29, 0.717) is 6.42 Å². The Hall–Kier alpha value is -1.25. The second-order valence-electron chi connectivity index (χ2n) is 3.62. The van der Waals surface area contributed by atoms with E-state index in [-0.39, 0.29) is 11.9 Å². The van der Waals surface area contributed by atoms with Crippen LogP contribution in [0, 0.1) is 0 Å². The Kier molecular flexibility index (Phi) is 3.74. The smallest absolute Gasteiger partial charge is 0.227 e. The molecule has 1 amide bonds. The summed E-state index contributed by atoms with van der Waals surface area (Å²) in [4.78, 5) is 11.3. The zero-order valence-corrected chi connectivity index (χ0v) is 8.96. The van der Waals surface area contributed by atoms with Gasteiger partial charge in [0.2, 0.25) is 5.91 Å². The zero-order valence-electron chi connectivity index (χ0n) is 8.96. The fourth-order valence-corrected chi connectivity index (χ4v) is 1.24. The summed E-state index contributed by atoms with van der Waals surface area (Å²) in [5.74, 6) is 1.68. The fourth-order valence-electron chi connectivity index (χ4n) is 1.24. The van der Waals surface area contributed by atoms with Gasteiger partial charge in [0.25, 0.3) is 0 Å². The van der Waals surface area contributed by atoms with E-state index < -0.39 is 0 Å². The van der Waals surface area contributed by atoms with Crippen molar-refractivity contribution in [1.82, 2.24) is 5.32 Å². The van der Waals surface area contributed by atoms with E-state index in [4.69, 9.17) is 4.42 Å². The van der Waals surface area contributed by atoms with E-state index >= 15 is 0 Å². The molecule has 78 valence electrons. The summed E-state index contributed by atoms with van der Waals surface area (Å²) in [5.41, 5.74) is 0. The highest BCUT2D eigenvalue weighted by atomic mass is 16.3.